The summed E-state index contributed by atoms with van der Waals surface area (Å²) in [6.45, 7) is 0. The lowest BCUT2D eigenvalue weighted by molar-refractivity contribution is 0.194. The minimum atomic E-state index is -0.347. The number of aryl methyl sites for hydroxylation is 1. The van der Waals surface area contributed by atoms with E-state index in [1.807, 2.05) is 6.07 Å². The van der Waals surface area contributed by atoms with Crippen molar-refractivity contribution >= 4 is 16.7 Å². The zero-order valence-corrected chi connectivity index (χ0v) is 13.2. The van der Waals surface area contributed by atoms with Gasteiger partial charge in [-0.3, -0.25) is 4.98 Å². The van der Waals surface area contributed by atoms with Gasteiger partial charge in [-0.1, -0.05) is 24.3 Å². The Bertz CT molecular complexity index is 924. The molecule has 1 N–H and O–H groups in total. The van der Waals surface area contributed by atoms with Crippen LogP contribution in [0.4, 0.5) is 10.1 Å². The maximum Gasteiger partial charge on any atom is 0.143 e. The van der Waals surface area contributed by atoms with Gasteiger partial charge in [0.1, 0.15) is 11.3 Å². The molecule has 5 rings (SSSR count). The van der Waals surface area contributed by atoms with Gasteiger partial charge in [-0.25, -0.2) is 9.37 Å². The number of halogens is 1. The molecule has 1 aromatic carbocycles. The van der Waals surface area contributed by atoms with Crippen molar-refractivity contribution in [2.75, 3.05) is 5.32 Å². The fourth-order valence-corrected chi connectivity index (χ4v) is 4.40. The van der Waals surface area contributed by atoms with E-state index in [1.165, 1.54) is 29.8 Å². The molecule has 0 amide bonds. The van der Waals surface area contributed by atoms with Crippen LogP contribution >= 0.6 is 0 Å². The quantitative estimate of drug-likeness (QED) is 0.765. The molecule has 4 heteroatoms. The van der Waals surface area contributed by atoms with E-state index in [2.05, 4.69) is 39.6 Å². The van der Waals surface area contributed by atoms with Gasteiger partial charge >= 0.3 is 0 Å². The maximum atomic E-state index is 13.3. The molecule has 0 radical (unpaired) electrons. The Kier molecular flexibility index (Phi) is 3.05. The maximum absolute atomic E-state index is 13.3. The lowest BCUT2D eigenvalue weighted by Gasteiger charge is -2.49. The van der Waals surface area contributed by atoms with E-state index in [1.54, 1.807) is 6.20 Å². The fraction of sp³-hybridized carbons (Fsp3) is 0.300. The van der Waals surface area contributed by atoms with Gasteiger partial charge in [0.25, 0.3) is 0 Å². The Labute approximate surface area is 140 Å². The molecular weight excluding hydrogens is 301 g/mol. The molecule has 120 valence electrons. The highest BCUT2D eigenvalue weighted by molar-refractivity contribution is 5.87. The average molecular weight is 319 g/mol. The summed E-state index contributed by atoms with van der Waals surface area (Å²) >= 11 is 0. The first-order valence-electron chi connectivity index (χ1n) is 8.54. The van der Waals surface area contributed by atoms with Crippen LogP contribution < -0.4 is 5.32 Å². The molecule has 2 aliphatic carbocycles. The number of benzene rings is 1. The van der Waals surface area contributed by atoms with Crippen LogP contribution in [0, 0.1) is 11.7 Å². The predicted octanol–water partition coefficient (Wildman–Crippen LogP) is 4.30. The number of hydrogen-bond donors (Lipinski definition) is 1. The number of fused-ring (bicyclic) bond motifs is 4. The van der Waals surface area contributed by atoms with Crippen molar-refractivity contribution in [3.8, 4) is 0 Å². The summed E-state index contributed by atoms with van der Waals surface area (Å²) in [6, 6.07) is 12.7. The Balaban J connectivity index is 1.41. The second-order valence-corrected chi connectivity index (χ2v) is 6.87. The minimum Gasteiger partial charge on any atom is -0.380 e. The summed E-state index contributed by atoms with van der Waals surface area (Å²) < 4.78 is 13.3. The van der Waals surface area contributed by atoms with Gasteiger partial charge in [-0.2, -0.15) is 0 Å². The Morgan fingerprint density at radius 2 is 2.04 bits per heavy atom. The number of pyridine rings is 2. The van der Waals surface area contributed by atoms with E-state index in [4.69, 9.17) is 0 Å². The van der Waals surface area contributed by atoms with E-state index in [-0.39, 0.29) is 5.82 Å². The van der Waals surface area contributed by atoms with Gasteiger partial charge in [-0.05, 0) is 48.3 Å². The van der Waals surface area contributed by atoms with Crippen LogP contribution in [0.15, 0.2) is 48.8 Å². The highest BCUT2D eigenvalue weighted by Gasteiger charge is 2.44. The second kappa shape index (κ2) is 5.26. The van der Waals surface area contributed by atoms with E-state index in [0.717, 1.165) is 24.0 Å². The van der Waals surface area contributed by atoms with Crippen molar-refractivity contribution in [2.24, 2.45) is 5.92 Å². The van der Waals surface area contributed by atoms with E-state index in [0.29, 0.717) is 23.4 Å². The highest BCUT2D eigenvalue weighted by atomic mass is 19.1. The second-order valence-electron chi connectivity index (χ2n) is 6.87. The standard InChI is InChI=1S/C20H18FN3/c21-13-9-19-20(23-11-13)17(7-8-22-19)24-18-10-16-14-4-2-1-3-12(14)5-6-15(16)18/h1-4,7-9,11,15-16,18H,5-6,10H2,(H,22,24). The van der Waals surface area contributed by atoms with Crippen molar-refractivity contribution in [1.29, 1.82) is 0 Å². The third-order valence-electron chi connectivity index (χ3n) is 5.63. The van der Waals surface area contributed by atoms with Gasteiger partial charge < -0.3 is 5.32 Å². The summed E-state index contributed by atoms with van der Waals surface area (Å²) in [7, 11) is 0. The predicted molar refractivity (Wildman–Crippen MR) is 92.5 cm³/mol. The molecule has 2 heterocycles. The van der Waals surface area contributed by atoms with Gasteiger partial charge in [0.15, 0.2) is 0 Å². The molecule has 3 atom stereocenters. The average Bonchev–Trinajstić information content (AvgIpc) is 2.59. The largest absolute Gasteiger partial charge is 0.380 e. The van der Waals surface area contributed by atoms with E-state index < -0.39 is 0 Å². The van der Waals surface area contributed by atoms with Crippen LogP contribution in [0.2, 0.25) is 0 Å². The van der Waals surface area contributed by atoms with Gasteiger partial charge in [0, 0.05) is 18.3 Å². The fourth-order valence-electron chi connectivity index (χ4n) is 4.40. The minimum absolute atomic E-state index is 0.347. The first-order valence-corrected chi connectivity index (χ1v) is 8.54. The van der Waals surface area contributed by atoms with Gasteiger partial charge in [-0.15, -0.1) is 0 Å². The Morgan fingerprint density at radius 1 is 1.12 bits per heavy atom. The van der Waals surface area contributed by atoms with Crippen molar-refractivity contribution in [3.63, 3.8) is 0 Å². The molecule has 2 aliphatic rings. The molecular formula is C20H18FN3. The molecule has 2 aromatic heterocycles. The molecule has 3 aromatic rings. The van der Waals surface area contributed by atoms with Crippen molar-refractivity contribution < 1.29 is 4.39 Å². The molecule has 0 bridgehead atoms. The first-order chi connectivity index (χ1) is 11.8. The van der Waals surface area contributed by atoms with E-state index >= 15 is 0 Å². The molecule has 3 unspecified atom stereocenters. The Morgan fingerprint density at radius 3 is 3.00 bits per heavy atom. The van der Waals surface area contributed by atoms with Crippen LogP contribution in [0.3, 0.4) is 0 Å². The smallest absolute Gasteiger partial charge is 0.143 e. The SMILES string of the molecule is Fc1cnc2c(NC3CC4c5ccccc5CCC34)ccnc2c1. The normalized spacial score (nSPS) is 24.8. The number of hydrogen-bond acceptors (Lipinski definition) is 3. The summed E-state index contributed by atoms with van der Waals surface area (Å²) in [5.41, 5.74) is 5.36. The zero-order valence-electron chi connectivity index (χ0n) is 13.2. The number of nitrogens with one attached hydrogen (secondary N) is 1. The number of rotatable bonds is 2. The molecule has 0 spiro atoms. The monoisotopic (exact) mass is 319 g/mol. The molecule has 24 heavy (non-hydrogen) atoms. The van der Waals surface area contributed by atoms with Crippen LogP contribution in [0.5, 0.6) is 0 Å². The molecule has 0 saturated heterocycles. The summed E-state index contributed by atoms with van der Waals surface area (Å²) in [5.74, 6) is 0.995. The van der Waals surface area contributed by atoms with Crippen molar-refractivity contribution in [1.82, 2.24) is 9.97 Å². The van der Waals surface area contributed by atoms with E-state index in [9.17, 15) is 4.39 Å². The molecule has 3 nitrogen and oxygen atoms in total. The third-order valence-corrected chi connectivity index (χ3v) is 5.63. The zero-order chi connectivity index (χ0) is 16.1. The van der Waals surface area contributed by atoms with Crippen LogP contribution in [-0.4, -0.2) is 16.0 Å². The lowest BCUT2D eigenvalue weighted by atomic mass is 9.60. The Hall–Kier alpha value is -2.49. The summed E-state index contributed by atoms with van der Waals surface area (Å²) in [4.78, 5) is 8.45. The lowest BCUT2D eigenvalue weighted by Crippen LogP contribution is -2.47. The summed E-state index contributed by atoms with van der Waals surface area (Å²) in [6.07, 6.45) is 6.51. The third kappa shape index (κ3) is 2.09. The number of nitrogens with zero attached hydrogens (tertiary/aromatic N) is 2. The van der Waals surface area contributed by atoms with Gasteiger partial charge in [0.2, 0.25) is 0 Å². The van der Waals surface area contributed by atoms with Crippen molar-refractivity contribution in [3.05, 3.63) is 65.7 Å². The van der Waals surface area contributed by atoms with Crippen LogP contribution in [-0.2, 0) is 6.42 Å². The first kappa shape index (κ1) is 13.9. The van der Waals surface area contributed by atoms with Crippen molar-refractivity contribution in [2.45, 2.75) is 31.2 Å². The van der Waals surface area contributed by atoms with Crippen LogP contribution in [0.1, 0.15) is 29.9 Å². The number of aromatic nitrogens is 2. The number of anilines is 1. The summed E-state index contributed by atoms with van der Waals surface area (Å²) in [5, 5.41) is 3.65. The molecule has 1 fully saturated rings. The highest BCUT2D eigenvalue weighted by Crippen LogP contribution is 2.50. The molecule has 0 aliphatic heterocycles. The van der Waals surface area contributed by atoms with Crippen LogP contribution in [0.25, 0.3) is 11.0 Å². The molecule has 1 saturated carbocycles. The topological polar surface area (TPSA) is 37.8 Å². The van der Waals surface area contributed by atoms with Gasteiger partial charge in [0.05, 0.1) is 17.4 Å².